The fraction of sp³-hybridized carbons (Fsp3) is 0.455. The number of furan rings is 1. The molecule has 1 aliphatic carbocycles. The summed E-state index contributed by atoms with van der Waals surface area (Å²) in [5, 5.41) is 0. The number of hydrogen-bond donors (Lipinski definition) is 1. The predicted molar refractivity (Wildman–Crippen MR) is 53.1 cm³/mol. The van der Waals surface area contributed by atoms with Gasteiger partial charge in [0.2, 0.25) is 0 Å². The van der Waals surface area contributed by atoms with Gasteiger partial charge in [-0.05, 0) is 38.0 Å². The highest BCUT2D eigenvalue weighted by Gasteiger charge is 2.42. The Balaban J connectivity index is 2.17. The van der Waals surface area contributed by atoms with E-state index in [0.717, 1.165) is 12.3 Å². The van der Waals surface area contributed by atoms with Gasteiger partial charge in [-0.25, -0.2) is 0 Å². The average molecular weight is 177 g/mol. The van der Waals surface area contributed by atoms with Crippen molar-refractivity contribution < 1.29 is 4.42 Å². The third-order valence-electron chi connectivity index (χ3n) is 2.98. The van der Waals surface area contributed by atoms with Crippen LogP contribution in [-0.4, -0.2) is 6.54 Å². The normalized spacial score (nSPS) is 20.3. The van der Waals surface area contributed by atoms with Crippen LogP contribution in [0.2, 0.25) is 0 Å². The highest BCUT2D eigenvalue weighted by atomic mass is 16.3. The molecule has 0 aliphatic heterocycles. The van der Waals surface area contributed by atoms with E-state index in [-0.39, 0.29) is 0 Å². The monoisotopic (exact) mass is 177 g/mol. The molecule has 1 saturated carbocycles. The Morgan fingerprint density at radius 2 is 2.46 bits per heavy atom. The van der Waals surface area contributed by atoms with Gasteiger partial charge in [0, 0.05) is 12.0 Å². The molecule has 70 valence electrons. The van der Waals surface area contributed by atoms with Gasteiger partial charge in [0.1, 0.15) is 5.76 Å². The van der Waals surface area contributed by atoms with Crippen molar-refractivity contribution in [2.24, 2.45) is 11.1 Å². The molecule has 0 unspecified atom stereocenters. The molecule has 2 nitrogen and oxygen atoms in total. The highest BCUT2D eigenvalue weighted by Crippen LogP contribution is 2.51. The first-order chi connectivity index (χ1) is 6.27. The maximum absolute atomic E-state index is 5.73. The molecule has 0 amide bonds. The molecule has 0 spiro atoms. The molecule has 0 radical (unpaired) electrons. The van der Waals surface area contributed by atoms with Crippen molar-refractivity contribution in [3.05, 3.63) is 29.7 Å². The van der Waals surface area contributed by atoms with Crippen LogP contribution in [0.4, 0.5) is 0 Å². The van der Waals surface area contributed by atoms with Gasteiger partial charge in [-0.3, -0.25) is 0 Å². The van der Waals surface area contributed by atoms with E-state index < -0.39 is 0 Å². The summed E-state index contributed by atoms with van der Waals surface area (Å²) in [7, 11) is 0. The Morgan fingerprint density at radius 3 is 2.92 bits per heavy atom. The zero-order chi connectivity index (χ0) is 9.31. The fourth-order valence-electron chi connectivity index (χ4n) is 1.65. The summed E-state index contributed by atoms with van der Waals surface area (Å²) in [6.07, 6.45) is 6.25. The van der Waals surface area contributed by atoms with Crippen LogP contribution in [0, 0.1) is 5.41 Å². The minimum absolute atomic E-state index is 0.298. The lowest BCUT2D eigenvalue weighted by molar-refractivity contribution is 0.553. The Kier molecular flexibility index (Phi) is 2.00. The standard InChI is InChI=1S/C11H15NO/c1-9(11(8-12)4-5-11)7-10-3-2-6-13-10/h2-3,6-7H,4-5,8,12H2,1H3/b9-7+. The molecule has 0 bridgehead atoms. The van der Waals surface area contributed by atoms with Crippen LogP contribution < -0.4 is 5.73 Å². The lowest BCUT2D eigenvalue weighted by Crippen LogP contribution is -2.16. The number of hydrogen-bond acceptors (Lipinski definition) is 2. The van der Waals surface area contributed by atoms with Crippen molar-refractivity contribution in [1.82, 2.24) is 0 Å². The van der Waals surface area contributed by atoms with Gasteiger partial charge in [-0.15, -0.1) is 0 Å². The minimum atomic E-state index is 0.298. The van der Waals surface area contributed by atoms with E-state index in [1.807, 2.05) is 12.1 Å². The Bertz CT molecular complexity index is 307. The first kappa shape index (κ1) is 8.57. The van der Waals surface area contributed by atoms with Crippen molar-refractivity contribution in [3.8, 4) is 0 Å². The van der Waals surface area contributed by atoms with Gasteiger partial charge in [0.15, 0.2) is 0 Å². The second-order valence-corrected chi connectivity index (χ2v) is 3.83. The van der Waals surface area contributed by atoms with Crippen LogP contribution in [0.3, 0.4) is 0 Å². The Hall–Kier alpha value is -1.02. The molecular formula is C11H15NO. The van der Waals surface area contributed by atoms with Crippen molar-refractivity contribution in [1.29, 1.82) is 0 Å². The fourth-order valence-corrected chi connectivity index (χ4v) is 1.65. The summed E-state index contributed by atoms with van der Waals surface area (Å²) in [6, 6.07) is 3.87. The van der Waals surface area contributed by atoms with Gasteiger partial charge in [-0.2, -0.15) is 0 Å². The second kappa shape index (κ2) is 3.04. The topological polar surface area (TPSA) is 39.2 Å². The average Bonchev–Trinajstić information content (AvgIpc) is 2.79. The smallest absolute Gasteiger partial charge is 0.126 e. The first-order valence-electron chi connectivity index (χ1n) is 4.69. The molecule has 1 fully saturated rings. The summed E-state index contributed by atoms with van der Waals surface area (Å²) < 4.78 is 5.25. The first-order valence-corrected chi connectivity index (χ1v) is 4.69. The SMILES string of the molecule is C/C(=C\c1ccco1)C1(CN)CC1. The summed E-state index contributed by atoms with van der Waals surface area (Å²) in [5.41, 5.74) is 7.38. The van der Waals surface area contributed by atoms with Gasteiger partial charge < -0.3 is 10.2 Å². The molecule has 1 heterocycles. The summed E-state index contributed by atoms with van der Waals surface area (Å²) in [6.45, 7) is 2.90. The van der Waals surface area contributed by atoms with Crippen molar-refractivity contribution in [2.75, 3.05) is 6.54 Å². The second-order valence-electron chi connectivity index (χ2n) is 3.83. The molecule has 13 heavy (non-hydrogen) atoms. The van der Waals surface area contributed by atoms with Crippen LogP contribution >= 0.6 is 0 Å². The maximum atomic E-state index is 5.73. The van der Waals surface area contributed by atoms with Crippen molar-refractivity contribution in [3.63, 3.8) is 0 Å². The number of rotatable bonds is 3. The molecule has 2 heteroatoms. The molecule has 0 saturated heterocycles. The molecule has 1 aliphatic rings. The largest absolute Gasteiger partial charge is 0.465 e. The van der Waals surface area contributed by atoms with Crippen molar-refractivity contribution >= 4 is 6.08 Å². The zero-order valence-electron chi connectivity index (χ0n) is 7.92. The molecule has 2 rings (SSSR count). The molecular weight excluding hydrogens is 162 g/mol. The van der Waals surface area contributed by atoms with Crippen LogP contribution in [0.1, 0.15) is 25.5 Å². The highest BCUT2D eigenvalue weighted by molar-refractivity contribution is 5.50. The summed E-state index contributed by atoms with van der Waals surface area (Å²) in [5.74, 6) is 0.928. The van der Waals surface area contributed by atoms with Crippen molar-refractivity contribution in [2.45, 2.75) is 19.8 Å². The van der Waals surface area contributed by atoms with Crippen LogP contribution in [0.5, 0.6) is 0 Å². The summed E-state index contributed by atoms with van der Waals surface area (Å²) in [4.78, 5) is 0. The number of nitrogens with two attached hydrogens (primary N) is 1. The lowest BCUT2D eigenvalue weighted by Gasteiger charge is -2.11. The lowest BCUT2D eigenvalue weighted by atomic mass is 9.97. The zero-order valence-corrected chi connectivity index (χ0v) is 7.92. The molecule has 2 N–H and O–H groups in total. The quantitative estimate of drug-likeness (QED) is 0.770. The molecule has 1 aromatic heterocycles. The Morgan fingerprint density at radius 1 is 1.69 bits per heavy atom. The Labute approximate surface area is 78.4 Å². The van der Waals surface area contributed by atoms with E-state index >= 15 is 0 Å². The van der Waals surface area contributed by atoms with Crippen LogP contribution in [0.25, 0.3) is 6.08 Å². The maximum Gasteiger partial charge on any atom is 0.126 e. The van der Waals surface area contributed by atoms with Crippen LogP contribution in [0.15, 0.2) is 28.4 Å². The van der Waals surface area contributed by atoms with Crippen LogP contribution in [-0.2, 0) is 0 Å². The van der Waals surface area contributed by atoms with E-state index in [9.17, 15) is 0 Å². The molecule has 0 atom stereocenters. The molecule has 0 aromatic carbocycles. The van der Waals surface area contributed by atoms with E-state index in [2.05, 4.69) is 13.0 Å². The third-order valence-corrected chi connectivity index (χ3v) is 2.98. The van der Waals surface area contributed by atoms with Gasteiger partial charge >= 0.3 is 0 Å². The third kappa shape index (κ3) is 1.54. The van der Waals surface area contributed by atoms with E-state index in [1.54, 1.807) is 6.26 Å². The van der Waals surface area contributed by atoms with Gasteiger partial charge in [-0.1, -0.05) is 5.57 Å². The van der Waals surface area contributed by atoms with E-state index in [4.69, 9.17) is 10.2 Å². The molecule has 1 aromatic rings. The van der Waals surface area contributed by atoms with Gasteiger partial charge in [0.05, 0.1) is 6.26 Å². The summed E-state index contributed by atoms with van der Waals surface area (Å²) >= 11 is 0. The van der Waals surface area contributed by atoms with E-state index in [0.29, 0.717) is 5.41 Å². The minimum Gasteiger partial charge on any atom is -0.465 e. The van der Waals surface area contributed by atoms with E-state index in [1.165, 1.54) is 18.4 Å². The predicted octanol–water partition coefficient (Wildman–Crippen LogP) is 2.42. The van der Waals surface area contributed by atoms with Gasteiger partial charge in [0.25, 0.3) is 0 Å².